The molecular formula is C39H33N10O2P. The van der Waals surface area contributed by atoms with Crippen molar-refractivity contribution in [1.29, 1.82) is 0 Å². The SMILES string of the molecule is CCCc1cc2c(cc1NC(C)=O)/C1=N/c3[nH]c(c4ccccc34)/N=C3\N=C(N=C4NC(PC2=N1)c1ccccc14)c1cc(NC)c(NC=O)cc13. The minimum Gasteiger partial charge on any atom is -0.386 e. The second-order valence-corrected chi connectivity index (χ2v) is 14.2. The molecule has 1 aromatic heterocycles. The van der Waals surface area contributed by atoms with Gasteiger partial charge in [0.1, 0.15) is 17.5 Å². The van der Waals surface area contributed by atoms with E-state index in [0.717, 1.165) is 79.4 Å². The monoisotopic (exact) mass is 704 g/mol. The Balaban J connectivity index is 1.31. The zero-order valence-corrected chi connectivity index (χ0v) is 29.5. The van der Waals surface area contributed by atoms with Gasteiger partial charge < -0.3 is 26.3 Å². The number of aliphatic imine (C=N–C) groups is 5. The summed E-state index contributed by atoms with van der Waals surface area (Å²) in [7, 11) is 2.04. The Morgan fingerprint density at radius 1 is 0.788 bits per heavy atom. The maximum atomic E-state index is 12.3. The van der Waals surface area contributed by atoms with E-state index in [-0.39, 0.29) is 20.3 Å². The molecule has 0 aliphatic carbocycles. The fourth-order valence-electron chi connectivity index (χ4n) is 7.22. The number of H-pyrrole nitrogens is 1. The number of benzene rings is 4. The van der Waals surface area contributed by atoms with Crippen LogP contribution in [-0.2, 0) is 16.0 Å². The molecule has 5 heterocycles. The van der Waals surface area contributed by atoms with E-state index in [1.54, 1.807) is 7.05 Å². The van der Waals surface area contributed by atoms with E-state index in [4.69, 9.17) is 25.0 Å². The lowest BCUT2D eigenvalue weighted by atomic mass is 10.00. The Labute approximate surface area is 300 Å². The van der Waals surface area contributed by atoms with Crippen molar-refractivity contribution < 1.29 is 9.59 Å². The van der Waals surface area contributed by atoms with E-state index >= 15 is 0 Å². The van der Waals surface area contributed by atoms with Crippen LogP contribution in [0.25, 0.3) is 10.8 Å². The standard InChI is InChI=1S/C39H33N10O2P/c1-4-9-20-14-28-27(15-29(20)42-19(2)51)37-45-33-22-11-6-5-10-21(22)32(43-33)44-36-26-17-31(41-18-50)30(40-3)16-25(26)35(47-36)46-34-23-12-7-8-13-24(23)38(48-34)52-39(28)49-37/h5-8,10-18,38,40,43,52H,4,9H2,1-3H3,(H,41,50)(H,42,51)(H,44,46,47,48)/b45-37-. The maximum absolute atomic E-state index is 12.3. The van der Waals surface area contributed by atoms with Gasteiger partial charge in [-0.15, -0.1) is 0 Å². The first-order valence-electron chi connectivity index (χ1n) is 17.1. The van der Waals surface area contributed by atoms with E-state index in [9.17, 15) is 9.59 Å². The average Bonchev–Trinajstić information content (AvgIpc) is 3.87. The summed E-state index contributed by atoms with van der Waals surface area (Å²) in [5, 5.41) is 14.5. The van der Waals surface area contributed by atoms with Crippen LogP contribution in [0.5, 0.6) is 0 Å². The predicted octanol–water partition coefficient (Wildman–Crippen LogP) is 7.11. The number of anilines is 3. The average molecular weight is 705 g/mol. The normalized spacial score (nSPS) is 18.8. The minimum atomic E-state index is -0.129. The minimum absolute atomic E-state index is 0.0991. The van der Waals surface area contributed by atoms with Gasteiger partial charge in [-0.3, -0.25) is 9.59 Å². The first-order valence-corrected chi connectivity index (χ1v) is 18.2. The van der Waals surface area contributed by atoms with Crippen molar-refractivity contribution in [3.8, 4) is 0 Å². The molecule has 4 aromatic carbocycles. The van der Waals surface area contributed by atoms with Crippen LogP contribution in [0.4, 0.5) is 28.7 Å². The number of aryl methyl sites for hydroxylation is 1. The predicted molar refractivity (Wildman–Crippen MR) is 211 cm³/mol. The van der Waals surface area contributed by atoms with Crippen LogP contribution in [0.2, 0.25) is 0 Å². The molecule has 52 heavy (non-hydrogen) atoms. The third-order valence-corrected chi connectivity index (χ3v) is 10.9. The number of fused-ring (bicyclic) bond motifs is 18. The van der Waals surface area contributed by atoms with Gasteiger partial charge in [0.2, 0.25) is 12.3 Å². The van der Waals surface area contributed by atoms with E-state index in [1.165, 1.54) is 6.92 Å². The van der Waals surface area contributed by atoms with E-state index in [0.29, 0.717) is 47.1 Å². The number of aromatic amines is 1. The van der Waals surface area contributed by atoms with E-state index < -0.39 is 0 Å². The van der Waals surface area contributed by atoms with Gasteiger partial charge >= 0.3 is 0 Å². The molecule has 0 spiro atoms. The molecule has 4 aliphatic heterocycles. The molecule has 12 nitrogen and oxygen atoms in total. The quantitative estimate of drug-likeness (QED) is 0.0943. The number of hydrogen-bond acceptors (Lipinski definition) is 9. The fraction of sp³-hybridized carbons (Fsp3) is 0.154. The summed E-state index contributed by atoms with van der Waals surface area (Å²) in [6, 6.07) is 24.2. The fourth-order valence-corrected chi connectivity index (χ4v) is 8.64. The highest BCUT2D eigenvalue weighted by atomic mass is 31.1. The smallest absolute Gasteiger partial charge is 0.221 e. The van der Waals surface area contributed by atoms with Crippen molar-refractivity contribution >= 4 is 89.2 Å². The summed E-state index contributed by atoms with van der Waals surface area (Å²) in [4.78, 5) is 53.0. The molecule has 13 heteroatoms. The lowest BCUT2D eigenvalue weighted by Crippen LogP contribution is -2.20. The van der Waals surface area contributed by atoms with E-state index in [1.807, 2.05) is 54.6 Å². The second kappa shape index (κ2) is 12.5. The molecule has 0 fully saturated rings. The van der Waals surface area contributed by atoms with Gasteiger partial charge in [0.15, 0.2) is 17.5 Å². The van der Waals surface area contributed by atoms with Crippen LogP contribution in [0.3, 0.4) is 0 Å². The Morgan fingerprint density at radius 3 is 2.15 bits per heavy atom. The van der Waals surface area contributed by atoms with Gasteiger partial charge in [0.05, 0.1) is 22.6 Å². The van der Waals surface area contributed by atoms with Crippen molar-refractivity contribution in [3.63, 3.8) is 0 Å². The number of aromatic nitrogens is 1. The number of hydrogen-bond donors (Lipinski definition) is 5. The lowest BCUT2D eigenvalue weighted by Gasteiger charge is -2.16. The number of nitrogens with zero attached hydrogens (tertiary/aromatic N) is 5. The lowest BCUT2D eigenvalue weighted by molar-refractivity contribution is -0.114. The molecule has 2 unspecified atom stereocenters. The van der Waals surface area contributed by atoms with Gasteiger partial charge in [-0.2, -0.15) is 0 Å². The van der Waals surface area contributed by atoms with Crippen molar-refractivity contribution in [2.24, 2.45) is 25.0 Å². The molecule has 5 N–H and O–H groups in total. The summed E-state index contributed by atoms with van der Waals surface area (Å²) in [5.74, 6) is 3.18. The topological polar surface area (TPSA) is 160 Å². The van der Waals surface area contributed by atoms with Crippen molar-refractivity contribution in [3.05, 3.63) is 112 Å². The highest BCUT2D eigenvalue weighted by Gasteiger charge is 2.34. The Morgan fingerprint density at radius 2 is 1.44 bits per heavy atom. The largest absolute Gasteiger partial charge is 0.386 e. The molecule has 8 bridgehead atoms. The molecule has 5 aromatic rings. The van der Waals surface area contributed by atoms with Crippen LogP contribution >= 0.6 is 8.58 Å². The van der Waals surface area contributed by atoms with Crippen LogP contribution in [0.15, 0.2) is 97.8 Å². The summed E-state index contributed by atoms with van der Waals surface area (Å²) < 4.78 is 0. The van der Waals surface area contributed by atoms with Gasteiger partial charge in [0.25, 0.3) is 0 Å². The maximum Gasteiger partial charge on any atom is 0.221 e. The summed E-state index contributed by atoms with van der Waals surface area (Å²) in [6.45, 7) is 3.66. The van der Waals surface area contributed by atoms with Crippen LogP contribution in [0.1, 0.15) is 65.0 Å². The van der Waals surface area contributed by atoms with Gasteiger partial charge in [-0.1, -0.05) is 61.9 Å². The van der Waals surface area contributed by atoms with Crippen molar-refractivity contribution in [2.45, 2.75) is 32.5 Å². The highest BCUT2D eigenvalue weighted by Crippen LogP contribution is 2.46. The van der Waals surface area contributed by atoms with Gasteiger partial charge in [0, 0.05) is 58.2 Å². The van der Waals surface area contributed by atoms with E-state index in [2.05, 4.69) is 51.4 Å². The number of amides is 2. The first kappa shape index (κ1) is 31.7. The zero-order valence-electron chi connectivity index (χ0n) is 28.5. The van der Waals surface area contributed by atoms with Crippen molar-refractivity contribution in [1.82, 2.24) is 10.3 Å². The van der Waals surface area contributed by atoms with Gasteiger partial charge in [-0.25, -0.2) is 25.0 Å². The Kier molecular flexibility index (Phi) is 7.62. The molecule has 2 atom stereocenters. The van der Waals surface area contributed by atoms with Gasteiger partial charge in [-0.05, 0) is 50.4 Å². The number of amidine groups is 4. The van der Waals surface area contributed by atoms with Crippen LogP contribution < -0.4 is 21.3 Å². The van der Waals surface area contributed by atoms with Crippen LogP contribution in [0, 0.1) is 0 Å². The molecular weight excluding hydrogens is 671 g/mol. The second-order valence-electron chi connectivity index (χ2n) is 12.8. The third-order valence-electron chi connectivity index (χ3n) is 9.54. The summed E-state index contributed by atoms with van der Waals surface area (Å²) in [5.41, 5.74) is 9.58. The molecule has 0 radical (unpaired) electrons. The highest BCUT2D eigenvalue weighted by molar-refractivity contribution is 7.60. The molecule has 9 rings (SSSR count). The Bertz CT molecular complexity index is 2540. The Hall–Kier alpha value is -6.26. The number of rotatable bonds is 6. The number of nitrogens with one attached hydrogen (secondary N) is 5. The molecule has 4 aliphatic rings. The first-order chi connectivity index (χ1) is 25.4. The number of carbonyl (C=O) groups excluding carboxylic acids is 2. The molecule has 0 saturated heterocycles. The summed E-state index contributed by atoms with van der Waals surface area (Å²) >= 11 is 0. The number of carbonyl (C=O) groups is 2. The van der Waals surface area contributed by atoms with Crippen LogP contribution in [-0.4, -0.2) is 53.1 Å². The molecule has 0 saturated carbocycles. The zero-order chi connectivity index (χ0) is 35.5. The molecule has 2 amide bonds. The summed E-state index contributed by atoms with van der Waals surface area (Å²) in [6.07, 6.45) is 2.39. The third kappa shape index (κ3) is 5.22. The van der Waals surface area contributed by atoms with Crippen molar-refractivity contribution in [2.75, 3.05) is 23.0 Å². The molecule has 256 valence electrons.